The van der Waals surface area contributed by atoms with Crippen LogP contribution in [-0.4, -0.2) is 77.9 Å². The summed E-state index contributed by atoms with van der Waals surface area (Å²) >= 11 is 0. The fourth-order valence-electron chi connectivity index (χ4n) is 5.06. The zero-order valence-electron chi connectivity index (χ0n) is 21.7. The smallest absolute Gasteiger partial charge is 0.254 e. The van der Waals surface area contributed by atoms with E-state index in [1.807, 2.05) is 17.0 Å². The monoisotopic (exact) mass is 529 g/mol. The highest BCUT2D eigenvalue weighted by Crippen LogP contribution is 2.30. The van der Waals surface area contributed by atoms with E-state index in [4.69, 9.17) is 5.11 Å². The van der Waals surface area contributed by atoms with Gasteiger partial charge in [-0.05, 0) is 43.0 Å². The average Bonchev–Trinajstić information content (AvgIpc) is 2.96. The van der Waals surface area contributed by atoms with Crippen molar-refractivity contribution < 1.29 is 24.3 Å². The number of carbonyl (C=O) groups is 4. The Hall–Kier alpha value is -4.49. The van der Waals surface area contributed by atoms with Crippen molar-refractivity contribution in [1.29, 1.82) is 5.26 Å². The van der Waals surface area contributed by atoms with Crippen molar-refractivity contribution in [3.05, 3.63) is 82.6 Å². The number of hydrogen-bond acceptors (Lipinski definition) is 7. The lowest BCUT2D eigenvalue weighted by atomic mass is 9.88. The largest absolute Gasteiger partial charge is 0.395 e. The lowest BCUT2D eigenvalue weighted by Crippen LogP contribution is -2.52. The van der Waals surface area contributed by atoms with Gasteiger partial charge in [-0.1, -0.05) is 30.3 Å². The number of nitrogens with one attached hydrogen (secondary N) is 2. The minimum Gasteiger partial charge on any atom is -0.395 e. The molecule has 2 aliphatic rings. The Morgan fingerprint density at radius 1 is 1.08 bits per heavy atom. The summed E-state index contributed by atoms with van der Waals surface area (Å²) in [5.41, 5.74) is 2.22. The maximum absolute atomic E-state index is 13.2. The molecule has 1 fully saturated rings. The van der Waals surface area contributed by atoms with Crippen LogP contribution in [0.5, 0.6) is 0 Å². The molecule has 1 saturated heterocycles. The van der Waals surface area contributed by atoms with Crippen molar-refractivity contribution in [1.82, 2.24) is 20.4 Å². The number of likely N-dealkylation sites (tertiary alicyclic amines) is 1. The first-order valence-electron chi connectivity index (χ1n) is 12.9. The molecular formula is C29H31N5O5. The Balaban J connectivity index is 1.53. The van der Waals surface area contributed by atoms with E-state index in [-0.39, 0.29) is 42.6 Å². The van der Waals surface area contributed by atoms with Gasteiger partial charge in [-0.15, -0.1) is 0 Å². The van der Waals surface area contributed by atoms with E-state index in [2.05, 4.69) is 16.7 Å². The molecular weight excluding hydrogens is 498 g/mol. The maximum Gasteiger partial charge on any atom is 0.254 e. The number of nitriles is 1. The fraction of sp³-hybridized carbons (Fsp3) is 0.345. The first-order valence-corrected chi connectivity index (χ1v) is 12.9. The molecule has 10 nitrogen and oxygen atoms in total. The number of carbonyl (C=O) groups excluding carboxylic acids is 4. The van der Waals surface area contributed by atoms with Gasteiger partial charge >= 0.3 is 0 Å². The molecule has 0 aliphatic carbocycles. The third kappa shape index (κ3) is 6.16. The average molecular weight is 530 g/mol. The van der Waals surface area contributed by atoms with Gasteiger partial charge < -0.3 is 20.6 Å². The van der Waals surface area contributed by atoms with E-state index in [0.29, 0.717) is 30.8 Å². The highest BCUT2D eigenvalue weighted by molar-refractivity contribution is 6.07. The Morgan fingerprint density at radius 2 is 1.77 bits per heavy atom. The molecule has 0 bridgehead atoms. The number of hydrogen-bond donors (Lipinski definition) is 3. The molecule has 2 aromatic carbocycles. The van der Waals surface area contributed by atoms with E-state index in [0.717, 1.165) is 16.9 Å². The quantitative estimate of drug-likeness (QED) is 0.436. The SMILES string of the molecule is CN1C(=O)C=C(N2CCC[C@@H](NC(=O)c3ccccc3C(=O)NCCO)C2)C(Cc2ccccc2C#N)C1=O. The third-order valence-corrected chi connectivity index (χ3v) is 7.08. The van der Waals surface area contributed by atoms with Crippen molar-refractivity contribution in [2.24, 2.45) is 5.92 Å². The van der Waals surface area contributed by atoms with Crippen molar-refractivity contribution in [3.8, 4) is 6.07 Å². The summed E-state index contributed by atoms with van der Waals surface area (Å²) in [5.74, 6) is -2.24. The van der Waals surface area contributed by atoms with Gasteiger partial charge in [-0.2, -0.15) is 5.26 Å². The highest BCUT2D eigenvalue weighted by atomic mass is 16.3. The van der Waals surface area contributed by atoms with Gasteiger partial charge in [-0.3, -0.25) is 24.1 Å². The summed E-state index contributed by atoms with van der Waals surface area (Å²) in [4.78, 5) is 54.6. The molecule has 1 unspecified atom stereocenters. The van der Waals surface area contributed by atoms with Crippen LogP contribution in [0.4, 0.5) is 0 Å². The number of rotatable bonds is 8. The molecule has 10 heteroatoms. The number of likely N-dealkylation sites (N-methyl/N-ethyl adjacent to an activating group) is 1. The lowest BCUT2D eigenvalue weighted by molar-refractivity contribution is -0.144. The van der Waals surface area contributed by atoms with Gasteiger partial charge in [-0.25, -0.2) is 0 Å². The standard InChI is InChI=1S/C29H31N5O5/c1-33-26(36)16-25(24(29(33)39)15-19-7-2-3-8-20(19)17-30)34-13-6-9-21(18-34)32-28(38)23-11-5-4-10-22(23)27(37)31-12-14-35/h2-5,7-8,10-11,16,21,24,35H,6,9,12-15,18H2,1H3,(H,31,37)(H,32,38)/t21-,24?/m1/s1. The first-order chi connectivity index (χ1) is 18.8. The van der Waals surface area contributed by atoms with Crippen molar-refractivity contribution >= 4 is 23.6 Å². The number of amides is 4. The molecule has 0 saturated carbocycles. The van der Waals surface area contributed by atoms with Crippen molar-refractivity contribution in [2.45, 2.75) is 25.3 Å². The van der Waals surface area contributed by atoms with E-state index in [9.17, 15) is 24.4 Å². The summed E-state index contributed by atoms with van der Waals surface area (Å²) in [6, 6.07) is 15.5. The maximum atomic E-state index is 13.2. The molecule has 4 rings (SSSR count). The van der Waals surface area contributed by atoms with E-state index in [1.54, 1.807) is 36.4 Å². The minimum absolute atomic E-state index is 0.0775. The summed E-state index contributed by atoms with van der Waals surface area (Å²) in [6.07, 6.45) is 3.17. The van der Waals surface area contributed by atoms with Gasteiger partial charge in [0.2, 0.25) is 5.91 Å². The summed E-state index contributed by atoms with van der Waals surface area (Å²) in [5, 5.41) is 24.1. The molecule has 2 heterocycles. The van der Waals surface area contributed by atoms with Crippen LogP contribution in [0.3, 0.4) is 0 Å². The fourth-order valence-corrected chi connectivity index (χ4v) is 5.06. The molecule has 3 N–H and O–H groups in total. The Labute approximate surface area is 226 Å². The van der Waals surface area contributed by atoms with E-state index in [1.165, 1.54) is 13.1 Å². The predicted octanol–water partition coefficient (Wildman–Crippen LogP) is 1.22. The van der Waals surface area contributed by atoms with Crippen LogP contribution in [0.2, 0.25) is 0 Å². The summed E-state index contributed by atoms with van der Waals surface area (Å²) in [6.45, 7) is 0.863. The molecule has 2 aromatic rings. The Morgan fingerprint density at radius 3 is 2.49 bits per heavy atom. The number of imide groups is 1. The molecule has 2 aliphatic heterocycles. The second kappa shape index (κ2) is 12.4. The lowest BCUT2D eigenvalue weighted by Gasteiger charge is -2.41. The second-order valence-electron chi connectivity index (χ2n) is 9.61. The topological polar surface area (TPSA) is 143 Å². The first kappa shape index (κ1) is 27.5. The molecule has 4 amide bonds. The zero-order valence-corrected chi connectivity index (χ0v) is 21.7. The van der Waals surface area contributed by atoms with Crippen LogP contribution in [0.25, 0.3) is 0 Å². The molecule has 0 radical (unpaired) electrons. The van der Waals surface area contributed by atoms with Crippen LogP contribution in [0.15, 0.2) is 60.3 Å². The molecule has 39 heavy (non-hydrogen) atoms. The van der Waals surface area contributed by atoms with Gasteiger partial charge in [0.25, 0.3) is 17.7 Å². The molecule has 2 atom stereocenters. The molecule has 0 spiro atoms. The van der Waals surface area contributed by atoms with E-state index < -0.39 is 23.6 Å². The van der Waals surface area contributed by atoms with Crippen LogP contribution in [-0.2, 0) is 16.0 Å². The van der Waals surface area contributed by atoms with Crippen LogP contribution < -0.4 is 10.6 Å². The second-order valence-corrected chi connectivity index (χ2v) is 9.61. The molecule has 202 valence electrons. The van der Waals surface area contributed by atoms with Crippen LogP contribution in [0, 0.1) is 17.2 Å². The van der Waals surface area contributed by atoms with Crippen molar-refractivity contribution in [2.75, 3.05) is 33.3 Å². The van der Waals surface area contributed by atoms with Crippen LogP contribution in [0.1, 0.15) is 44.7 Å². The van der Waals surface area contributed by atoms with Gasteiger partial charge in [0.05, 0.1) is 35.3 Å². The Kier molecular flexibility index (Phi) is 8.74. The number of piperidine rings is 1. The van der Waals surface area contributed by atoms with Gasteiger partial charge in [0, 0.05) is 44.5 Å². The highest BCUT2D eigenvalue weighted by Gasteiger charge is 2.38. The van der Waals surface area contributed by atoms with Gasteiger partial charge in [0.1, 0.15) is 0 Å². The number of nitrogens with zero attached hydrogens (tertiary/aromatic N) is 3. The third-order valence-electron chi connectivity index (χ3n) is 7.08. The molecule has 0 aromatic heterocycles. The predicted molar refractivity (Wildman–Crippen MR) is 142 cm³/mol. The summed E-state index contributed by atoms with van der Waals surface area (Å²) < 4.78 is 0. The van der Waals surface area contributed by atoms with Gasteiger partial charge in [0.15, 0.2) is 0 Å². The normalized spacial score (nSPS) is 19.3. The van der Waals surface area contributed by atoms with Crippen molar-refractivity contribution in [3.63, 3.8) is 0 Å². The summed E-state index contributed by atoms with van der Waals surface area (Å²) in [7, 11) is 1.45. The van der Waals surface area contributed by atoms with Crippen LogP contribution >= 0.6 is 0 Å². The zero-order chi connectivity index (χ0) is 27.9. The Bertz CT molecular complexity index is 1350. The number of aliphatic hydroxyl groups is 1. The van der Waals surface area contributed by atoms with E-state index >= 15 is 0 Å². The number of benzene rings is 2. The minimum atomic E-state index is -0.646. The number of aliphatic hydroxyl groups excluding tert-OH is 1.